The third kappa shape index (κ3) is 4.01. The summed E-state index contributed by atoms with van der Waals surface area (Å²) in [7, 11) is 0. The molecule has 7 heteroatoms. The Bertz CT molecular complexity index is 1220. The monoisotopic (exact) mass is 389 g/mol. The van der Waals surface area contributed by atoms with Gasteiger partial charge in [0, 0.05) is 6.20 Å². The SMILES string of the molecule is CCOC(=O)/C(C#N)=C/c1c(Oc2ccccc2C)nc2c(C)cccn2c1=O. The fourth-order valence-corrected chi connectivity index (χ4v) is 2.76. The van der Waals surface area contributed by atoms with Gasteiger partial charge < -0.3 is 9.47 Å². The smallest absolute Gasteiger partial charge is 0.348 e. The number of aryl methyl sites for hydroxylation is 2. The molecule has 0 atom stereocenters. The Hall–Kier alpha value is -3.92. The third-order valence-electron chi connectivity index (χ3n) is 4.25. The normalized spacial score (nSPS) is 11.2. The summed E-state index contributed by atoms with van der Waals surface area (Å²) in [5.41, 5.74) is 1.27. The fourth-order valence-electron chi connectivity index (χ4n) is 2.76. The molecule has 0 saturated carbocycles. The van der Waals surface area contributed by atoms with E-state index in [0.29, 0.717) is 11.4 Å². The van der Waals surface area contributed by atoms with Gasteiger partial charge in [-0.1, -0.05) is 24.3 Å². The van der Waals surface area contributed by atoms with Crippen LogP contribution >= 0.6 is 0 Å². The molecule has 0 saturated heterocycles. The van der Waals surface area contributed by atoms with E-state index in [1.54, 1.807) is 37.4 Å². The topological polar surface area (TPSA) is 93.7 Å². The first-order chi connectivity index (χ1) is 14.0. The van der Waals surface area contributed by atoms with Crippen LogP contribution in [0.4, 0.5) is 0 Å². The van der Waals surface area contributed by atoms with Crippen LogP contribution in [0.2, 0.25) is 0 Å². The number of carbonyl (C=O) groups is 1. The second kappa shape index (κ2) is 8.40. The average Bonchev–Trinajstić information content (AvgIpc) is 2.70. The van der Waals surface area contributed by atoms with E-state index in [2.05, 4.69) is 4.98 Å². The van der Waals surface area contributed by atoms with Crippen LogP contribution in [-0.2, 0) is 9.53 Å². The van der Waals surface area contributed by atoms with Gasteiger partial charge in [-0.25, -0.2) is 4.79 Å². The van der Waals surface area contributed by atoms with Gasteiger partial charge in [0.1, 0.15) is 28.6 Å². The Morgan fingerprint density at radius 1 is 1.21 bits per heavy atom. The molecule has 2 aromatic heterocycles. The second-order valence-corrected chi connectivity index (χ2v) is 6.28. The highest BCUT2D eigenvalue weighted by Crippen LogP contribution is 2.27. The molecule has 1 aromatic carbocycles. The number of aromatic nitrogens is 2. The molecule has 2 heterocycles. The van der Waals surface area contributed by atoms with Crippen LogP contribution in [0.1, 0.15) is 23.6 Å². The molecular formula is C22H19N3O4. The van der Waals surface area contributed by atoms with E-state index < -0.39 is 11.5 Å². The maximum atomic E-state index is 13.1. The molecule has 0 fully saturated rings. The number of nitrogens with zero attached hydrogens (tertiary/aromatic N) is 3. The van der Waals surface area contributed by atoms with Crippen LogP contribution in [0.3, 0.4) is 0 Å². The van der Waals surface area contributed by atoms with Crippen LogP contribution < -0.4 is 10.3 Å². The molecule has 0 spiro atoms. The lowest BCUT2D eigenvalue weighted by molar-refractivity contribution is -0.137. The minimum absolute atomic E-state index is 0.00986. The van der Waals surface area contributed by atoms with Crippen molar-refractivity contribution < 1.29 is 14.3 Å². The van der Waals surface area contributed by atoms with E-state index in [0.717, 1.165) is 17.2 Å². The van der Waals surface area contributed by atoms with Gasteiger partial charge in [0.05, 0.1) is 6.61 Å². The van der Waals surface area contributed by atoms with Crippen molar-refractivity contribution in [2.75, 3.05) is 6.61 Å². The number of ether oxygens (including phenoxy) is 2. The average molecular weight is 389 g/mol. The summed E-state index contributed by atoms with van der Waals surface area (Å²) >= 11 is 0. The molecule has 29 heavy (non-hydrogen) atoms. The zero-order chi connectivity index (χ0) is 21.0. The lowest BCUT2D eigenvalue weighted by atomic mass is 10.1. The van der Waals surface area contributed by atoms with Crippen LogP contribution in [-0.4, -0.2) is 22.0 Å². The standard InChI is InChI=1S/C22H19N3O4/c1-4-28-22(27)16(13-23)12-17-20(29-18-10-6-5-8-14(18)2)24-19-15(3)9-7-11-25(19)21(17)26/h5-12H,4H2,1-3H3/b16-12+. The van der Waals surface area contributed by atoms with Crippen molar-refractivity contribution in [2.24, 2.45) is 0 Å². The molecule has 3 rings (SSSR count). The molecule has 0 aliphatic heterocycles. The number of carbonyl (C=O) groups excluding carboxylic acids is 1. The molecule has 0 radical (unpaired) electrons. The Kier molecular flexibility index (Phi) is 5.74. The van der Waals surface area contributed by atoms with E-state index in [1.165, 1.54) is 4.40 Å². The highest BCUT2D eigenvalue weighted by molar-refractivity contribution is 5.98. The minimum Gasteiger partial charge on any atom is -0.462 e. The molecule has 0 unspecified atom stereocenters. The van der Waals surface area contributed by atoms with E-state index in [9.17, 15) is 14.9 Å². The van der Waals surface area contributed by atoms with Crippen molar-refractivity contribution in [3.8, 4) is 17.7 Å². The van der Waals surface area contributed by atoms with Crippen molar-refractivity contribution >= 4 is 17.7 Å². The maximum absolute atomic E-state index is 13.1. The van der Waals surface area contributed by atoms with Gasteiger partial charge in [-0.05, 0) is 50.1 Å². The quantitative estimate of drug-likeness (QED) is 0.376. The van der Waals surface area contributed by atoms with E-state index in [1.807, 2.05) is 32.0 Å². The Balaban J connectivity index is 2.27. The molecule has 7 nitrogen and oxygen atoms in total. The van der Waals surface area contributed by atoms with E-state index in [4.69, 9.17) is 9.47 Å². The molecule has 0 bridgehead atoms. The number of benzene rings is 1. The number of para-hydroxylation sites is 1. The number of rotatable bonds is 5. The lowest BCUT2D eigenvalue weighted by Crippen LogP contribution is -2.20. The summed E-state index contributed by atoms with van der Waals surface area (Å²) in [4.78, 5) is 29.7. The van der Waals surface area contributed by atoms with Crippen LogP contribution in [0.5, 0.6) is 11.6 Å². The molecule has 0 aliphatic carbocycles. The van der Waals surface area contributed by atoms with Gasteiger partial charge in [-0.15, -0.1) is 0 Å². The first-order valence-corrected chi connectivity index (χ1v) is 9.00. The summed E-state index contributed by atoms with van der Waals surface area (Å²) in [5.74, 6) is -0.289. The number of hydrogen-bond acceptors (Lipinski definition) is 6. The summed E-state index contributed by atoms with van der Waals surface area (Å²) in [6, 6.07) is 12.6. The Labute approximate surface area is 167 Å². The first-order valence-electron chi connectivity index (χ1n) is 9.00. The Morgan fingerprint density at radius 2 is 1.93 bits per heavy atom. The zero-order valence-electron chi connectivity index (χ0n) is 16.3. The number of hydrogen-bond donors (Lipinski definition) is 0. The van der Waals surface area contributed by atoms with E-state index >= 15 is 0 Å². The molecule has 0 amide bonds. The molecule has 0 N–H and O–H groups in total. The molecule has 3 aromatic rings. The maximum Gasteiger partial charge on any atom is 0.348 e. The molecule has 146 valence electrons. The predicted octanol–water partition coefficient (Wildman–Crippen LogP) is 3.57. The van der Waals surface area contributed by atoms with E-state index in [-0.39, 0.29) is 23.6 Å². The van der Waals surface area contributed by atoms with Crippen molar-refractivity contribution in [3.05, 3.63) is 75.2 Å². The number of nitriles is 1. The predicted molar refractivity (Wildman–Crippen MR) is 108 cm³/mol. The highest BCUT2D eigenvalue weighted by atomic mass is 16.5. The second-order valence-electron chi connectivity index (χ2n) is 6.28. The van der Waals surface area contributed by atoms with Crippen molar-refractivity contribution in [2.45, 2.75) is 20.8 Å². The Morgan fingerprint density at radius 3 is 2.62 bits per heavy atom. The summed E-state index contributed by atoms with van der Waals surface area (Å²) in [5, 5.41) is 9.37. The number of fused-ring (bicyclic) bond motifs is 1. The molecule has 0 aliphatic rings. The van der Waals surface area contributed by atoms with Gasteiger partial charge in [0.2, 0.25) is 5.88 Å². The molecular weight excluding hydrogens is 370 g/mol. The lowest BCUT2D eigenvalue weighted by Gasteiger charge is -2.12. The highest BCUT2D eigenvalue weighted by Gasteiger charge is 2.18. The first kappa shape index (κ1) is 19.8. The number of pyridine rings is 1. The van der Waals surface area contributed by atoms with Crippen LogP contribution in [0.15, 0.2) is 53.0 Å². The van der Waals surface area contributed by atoms with Crippen LogP contribution in [0.25, 0.3) is 11.7 Å². The summed E-state index contributed by atoms with van der Waals surface area (Å²) in [6.07, 6.45) is 2.73. The summed E-state index contributed by atoms with van der Waals surface area (Å²) < 4.78 is 12.2. The van der Waals surface area contributed by atoms with Gasteiger partial charge >= 0.3 is 5.97 Å². The van der Waals surface area contributed by atoms with Crippen LogP contribution in [0, 0.1) is 25.2 Å². The fraction of sp³-hybridized carbons (Fsp3) is 0.182. The van der Waals surface area contributed by atoms with Gasteiger partial charge in [-0.3, -0.25) is 9.20 Å². The number of esters is 1. The van der Waals surface area contributed by atoms with Gasteiger partial charge in [0.25, 0.3) is 5.56 Å². The van der Waals surface area contributed by atoms with Gasteiger partial charge in [-0.2, -0.15) is 10.2 Å². The zero-order valence-corrected chi connectivity index (χ0v) is 16.3. The van der Waals surface area contributed by atoms with Crippen molar-refractivity contribution in [3.63, 3.8) is 0 Å². The van der Waals surface area contributed by atoms with Crippen molar-refractivity contribution in [1.82, 2.24) is 9.38 Å². The summed E-state index contributed by atoms with van der Waals surface area (Å²) in [6.45, 7) is 5.44. The van der Waals surface area contributed by atoms with Gasteiger partial charge in [0.15, 0.2) is 0 Å². The van der Waals surface area contributed by atoms with Crippen molar-refractivity contribution in [1.29, 1.82) is 5.26 Å². The largest absolute Gasteiger partial charge is 0.462 e. The third-order valence-corrected chi connectivity index (χ3v) is 4.25. The minimum atomic E-state index is -0.814.